The Hall–Kier alpha value is -0.910. The van der Waals surface area contributed by atoms with Crippen LogP contribution >= 0.6 is 11.3 Å². The molecule has 2 aromatic heterocycles. The Balaban J connectivity index is 2.07. The normalized spacial score (nSPS) is 22.3. The number of hydrogen-bond acceptors (Lipinski definition) is 4. The Morgan fingerprint density at radius 2 is 2.60 bits per heavy atom. The van der Waals surface area contributed by atoms with E-state index in [1.165, 1.54) is 5.69 Å². The van der Waals surface area contributed by atoms with Gasteiger partial charge in [-0.25, -0.2) is 4.98 Å². The lowest BCUT2D eigenvalue weighted by atomic mass is 10.1. The summed E-state index contributed by atoms with van der Waals surface area (Å²) in [5.74, 6) is 0. The third-order valence-corrected chi connectivity index (χ3v) is 3.49. The molecule has 1 fully saturated rings. The van der Waals surface area contributed by atoms with Gasteiger partial charge in [0.25, 0.3) is 0 Å². The molecule has 1 atom stereocenters. The van der Waals surface area contributed by atoms with Gasteiger partial charge in [0.05, 0.1) is 30.6 Å². The number of nitrogens with zero attached hydrogens (tertiary/aromatic N) is 2. The maximum atomic E-state index is 5.49. The smallest absolute Gasteiger partial charge is 0.194 e. The molecule has 15 heavy (non-hydrogen) atoms. The third-order valence-electron chi connectivity index (χ3n) is 2.73. The number of thiazole rings is 1. The van der Waals surface area contributed by atoms with Gasteiger partial charge in [-0.15, -0.1) is 11.3 Å². The van der Waals surface area contributed by atoms with Crippen LogP contribution in [0.25, 0.3) is 4.96 Å². The highest BCUT2D eigenvalue weighted by Gasteiger charge is 2.21. The van der Waals surface area contributed by atoms with E-state index in [-0.39, 0.29) is 6.04 Å². The first kappa shape index (κ1) is 9.33. The lowest BCUT2D eigenvalue weighted by Gasteiger charge is -2.23. The van der Waals surface area contributed by atoms with Gasteiger partial charge in [-0.05, 0) is 6.92 Å². The van der Waals surface area contributed by atoms with Crippen molar-refractivity contribution in [1.29, 1.82) is 0 Å². The number of rotatable bonds is 1. The van der Waals surface area contributed by atoms with E-state index in [9.17, 15) is 0 Å². The van der Waals surface area contributed by atoms with E-state index < -0.39 is 0 Å². The van der Waals surface area contributed by atoms with E-state index in [1.807, 2.05) is 0 Å². The van der Waals surface area contributed by atoms with Crippen LogP contribution < -0.4 is 5.32 Å². The molecule has 1 saturated heterocycles. The molecule has 2 aromatic rings. The average molecular weight is 223 g/mol. The molecule has 0 spiro atoms. The molecule has 1 unspecified atom stereocenters. The number of aryl methyl sites for hydroxylation is 1. The number of imidazole rings is 1. The van der Waals surface area contributed by atoms with Gasteiger partial charge in [0.2, 0.25) is 0 Å². The highest BCUT2D eigenvalue weighted by molar-refractivity contribution is 7.15. The standard InChI is InChI=1S/C10H13N3OS/c1-7-9(8-6-14-4-2-11-8)13-3-5-15-10(13)12-7/h3,5,8,11H,2,4,6H2,1H3. The van der Waals surface area contributed by atoms with Crippen LogP contribution in [0.3, 0.4) is 0 Å². The van der Waals surface area contributed by atoms with E-state index in [2.05, 4.69) is 33.2 Å². The molecule has 3 heterocycles. The highest BCUT2D eigenvalue weighted by Crippen LogP contribution is 2.23. The molecule has 80 valence electrons. The summed E-state index contributed by atoms with van der Waals surface area (Å²) in [7, 11) is 0. The number of aromatic nitrogens is 2. The van der Waals surface area contributed by atoms with Crippen molar-refractivity contribution in [1.82, 2.24) is 14.7 Å². The van der Waals surface area contributed by atoms with Crippen LogP contribution in [0.4, 0.5) is 0 Å². The van der Waals surface area contributed by atoms with Crippen LogP contribution in [-0.2, 0) is 4.74 Å². The zero-order chi connectivity index (χ0) is 10.3. The lowest BCUT2D eigenvalue weighted by Crippen LogP contribution is -2.35. The van der Waals surface area contributed by atoms with Crippen LogP contribution in [-0.4, -0.2) is 29.1 Å². The Kier molecular flexibility index (Phi) is 2.23. The second kappa shape index (κ2) is 3.59. The number of morpholine rings is 1. The minimum atomic E-state index is 0.281. The summed E-state index contributed by atoms with van der Waals surface area (Å²) in [4.78, 5) is 5.60. The van der Waals surface area contributed by atoms with Gasteiger partial charge in [0.1, 0.15) is 0 Å². The van der Waals surface area contributed by atoms with Gasteiger partial charge in [-0.3, -0.25) is 4.40 Å². The van der Waals surface area contributed by atoms with Gasteiger partial charge >= 0.3 is 0 Å². The summed E-state index contributed by atoms with van der Waals surface area (Å²) in [5, 5.41) is 5.53. The second-order valence-electron chi connectivity index (χ2n) is 3.72. The predicted molar refractivity (Wildman–Crippen MR) is 59.4 cm³/mol. The number of fused-ring (bicyclic) bond motifs is 1. The van der Waals surface area contributed by atoms with E-state index in [0.29, 0.717) is 0 Å². The molecule has 0 bridgehead atoms. The number of nitrogens with one attached hydrogen (secondary N) is 1. The molecular formula is C10H13N3OS. The van der Waals surface area contributed by atoms with E-state index in [4.69, 9.17) is 4.74 Å². The fraction of sp³-hybridized carbons (Fsp3) is 0.500. The molecule has 0 aromatic carbocycles. The Morgan fingerprint density at radius 1 is 1.67 bits per heavy atom. The molecule has 3 rings (SSSR count). The SMILES string of the molecule is Cc1nc2sccn2c1C1COCCN1. The first-order chi connectivity index (χ1) is 7.36. The van der Waals surface area contributed by atoms with E-state index in [1.54, 1.807) is 11.3 Å². The van der Waals surface area contributed by atoms with Crippen LogP contribution in [0.15, 0.2) is 11.6 Å². The van der Waals surface area contributed by atoms with E-state index >= 15 is 0 Å². The molecule has 1 aliphatic rings. The van der Waals surface area contributed by atoms with Crippen molar-refractivity contribution in [2.45, 2.75) is 13.0 Å². The van der Waals surface area contributed by atoms with Crippen molar-refractivity contribution in [3.8, 4) is 0 Å². The van der Waals surface area contributed by atoms with Crippen molar-refractivity contribution in [3.05, 3.63) is 23.0 Å². The minimum absolute atomic E-state index is 0.281. The second-order valence-corrected chi connectivity index (χ2v) is 4.59. The summed E-state index contributed by atoms with van der Waals surface area (Å²) in [5.41, 5.74) is 2.34. The first-order valence-electron chi connectivity index (χ1n) is 5.09. The zero-order valence-corrected chi connectivity index (χ0v) is 9.38. The van der Waals surface area contributed by atoms with Crippen molar-refractivity contribution in [3.63, 3.8) is 0 Å². The lowest BCUT2D eigenvalue weighted by molar-refractivity contribution is 0.0751. The van der Waals surface area contributed by atoms with Crippen LogP contribution in [0.5, 0.6) is 0 Å². The molecule has 0 saturated carbocycles. The summed E-state index contributed by atoms with van der Waals surface area (Å²) in [6.45, 7) is 4.53. The Labute approximate surface area is 91.9 Å². The monoisotopic (exact) mass is 223 g/mol. The summed E-state index contributed by atoms with van der Waals surface area (Å²) in [6.07, 6.45) is 2.08. The van der Waals surface area contributed by atoms with Gasteiger partial charge in [-0.1, -0.05) is 0 Å². The van der Waals surface area contributed by atoms with Crippen molar-refractivity contribution in [2.24, 2.45) is 0 Å². The fourth-order valence-electron chi connectivity index (χ4n) is 2.07. The molecule has 0 aliphatic carbocycles. The highest BCUT2D eigenvalue weighted by atomic mass is 32.1. The van der Waals surface area contributed by atoms with Crippen molar-refractivity contribution in [2.75, 3.05) is 19.8 Å². The number of hydrogen-bond donors (Lipinski definition) is 1. The zero-order valence-electron chi connectivity index (χ0n) is 8.56. The topological polar surface area (TPSA) is 38.6 Å². The van der Waals surface area contributed by atoms with Crippen LogP contribution in [0.1, 0.15) is 17.4 Å². The van der Waals surface area contributed by atoms with Gasteiger partial charge < -0.3 is 10.1 Å². The average Bonchev–Trinajstić information content (AvgIpc) is 2.78. The summed E-state index contributed by atoms with van der Waals surface area (Å²) in [6, 6.07) is 0.281. The number of ether oxygens (including phenoxy) is 1. The predicted octanol–water partition coefficient (Wildman–Crippen LogP) is 1.37. The molecule has 1 N–H and O–H groups in total. The molecule has 5 heteroatoms. The molecule has 4 nitrogen and oxygen atoms in total. The summed E-state index contributed by atoms with van der Waals surface area (Å²) >= 11 is 1.67. The Bertz CT molecular complexity index is 470. The summed E-state index contributed by atoms with van der Waals surface area (Å²) < 4.78 is 7.65. The molecule has 1 aliphatic heterocycles. The quantitative estimate of drug-likeness (QED) is 0.793. The van der Waals surface area contributed by atoms with Gasteiger partial charge in [0, 0.05) is 18.1 Å². The fourth-order valence-corrected chi connectivity index (χ4v) is 2.84. The largest absolute Gasteiger partial charge is 0.378 e. The Morgan fingerprint density at radius 3 is 3.40 bits per heavy atom. The van der Waals surface area contributed by atoms with E-state index in [0.717, 1.165) is 30.4 Å². The maximum Gasteiger partial charge on any atom is 0.194 e. The van der Waals surface area contributed by atoms with Gasteiger partial charge in [-0.2, -0.15) is 0 Å². The first-order valence-corrected chi connectivity index (χ1v) is 5.97. The van der Waals surface area contributed by atoms with Crippen LogP contribution in [0.2, 0.25) is 0 Å². The van der Waals surface area contributed by atoms with Gasteiger partial charge in [0.15, 0.2) is 4.96 Å². The van der Waals surface area contributed by atoms with Crippen LogP contribution in [0, 0.1) is 6.92 Å². The third kappa shape index (κ3) is 1.47. The molecule has 0 amide bonds. The molecule has 0 radical (unpaired) electrons. The molecular weight excluding hydrogens is 210 g/mol. The maximum absolute atomic E-state index is 5.49. The van der Waals surface area contributed by atoms with Crippen molar-refractivity contribution >= 4 is 16.3 Å². The van der Waals surface area contributed by atoms with Crippen molar-refractivity contribution < 1.29 is 4.74 Å². The minimum Gasteiger partial charge on any atom is -0.378 e.